The first-order valence-corrected chi connectivity index (χ1v) is 7.56. The summed E-state index contributed by atoms with van der Waals surface area (Å²) in [5, 5.41) is 3.24. The molecule has 0 aliphatic carbocycles. The highest BCUT2D eigenvalue weighted by molar-refractivity contribution is 7.89. The van der Waals surface area contributed by atoms with E-state index in [1.165, 1.54) is 18.2 Å². The number of hydrogen-bond acceptors (Lipinski definition) is 4. The summed E-state index contributed by atoms with van der Waals surface area (Å²) in [6.07, 6.45) is 1.05. The summed E-state index contributed by atoms with van der Waals surface area (Å²) in [6, 6.07) is 13.5. The van der Waals surface area contributed by atoms with Crippen LogP contribution in [0.25, 0.3) is 0 Å². The molecule has 0 aliphatic rings. The lowest BCUT2D eigenvalue weighted by molar-refractivity contribution is 0.0996. The van der Waals surface area contributed by atoms with E-state index in [0.717, 1.165) is 12.3 Å². The Balaban J connectivity index is 2.35. The zero-order valence-electron chi connectivity index (χ0n) is 11.3. The van der Waals surface area contributed by atoms with Crippen molar-refractivity contribution in [1.82, 2.24) is 4.64 Å². The fraction of sp³-hybridized carbons (Fsp3) is 0. The highest BCUT2D eigenvalue weighted by atomic mass is 32.2. The standard InChI is InChI=1S/C14H12FN3O3S/c15-18(17-10-11-6-2-1-3-7-11)22(20,21)13-9-5-4-8-12(13)14(16)19/h1-10H,(H2,16,19)/b17-10+. The molecule has 2 aromatic carbocycles. The molecule has 114 valence electrons. The second-order valence-corrected chi connectivity index (χ2v) is 5.91. The first-order chi connectivity index (χ1) is 10.4. The zero-order valence-corrected chi connectivity index (χ0v) is 12.1. The van der Waals surface area contributed by atoms with Gasteiger partial charge >= 0.3 is 10.0 Å². The summed E-state index contributed by atoms with van der Waals surface area (Å²) >= 11 is 0. The van der Waals surface area contributed by atoms with Gasteiger partial charge in [0, 0.05) is 0 Å². The molecule has 2 aromatic rings. The van der Waals surface area contributed by atoms with Crippen LogP contribution in [0, 0.1) is 0 Å². The van der Waals surface area contributed by atoms with Crippen molar-refractivity contribution < 1.29 is 17.7 Å². The number of carbonyl (C=O) groups is 1. The van der Waals surface area contributed by atoms with E-state index in [-0.39, 0.29) is 5.56 Å². The van der Waals surface area contributed by atoms with Gasteiger partial charge in [0.05, 0.1) is 11.8 Å². The van der Waals surface area contributed by atoms with Gasteiger partial charge in [-0.2, -0.15) is 8.42 Å². The second-order valence-electron chi connectivity index (χ2n) is 4.22. The molecule has 1 amide bonds. The summed E-state index contributed by atoms with van der Waals surface area (Å²) in [5.74, 6) is -0.973. The second kappa shape index (κ2) is 6.35. The van der Waals surface area contributed by atoms with Crippen molar-refractivity contribution in [3.05, 3.63) is 65.7 Å². The van der Waals surface area contributed by atoms with Crippen molar-refractivity contribution in [3.63, 3.8) is 0 Å². The topological polar surface area (TPSA) is 92.8 Å². The Bertz CT molecular complexity index is 807. The Labute approximate surface area is 126 Å². The Kier molecular flexibility index (Phi) is 4.52. The van der Waals surface area contributed by atoms with Gasteiger partial charge in [-0.15, -0.1) is 5.10 Å². The van der Waals surface area contributed by atoms with Crippen molar-refractivity contribution >= 4 is 22.1 Å². The summed E-state index contributed by atoms with van der Waals surface area (Å²) in [5.41, 5.74) is 5.31. The third-order valence-corrected chi connectivity index (χ3v) is 4.13. The fourth-order valence-corrected chi connectivity index (χ4v) is 2.72. The van der Waals surface area contributed by atoms with Gasteiger partial charge in [-0.25, -0.2) is 0 Å². The van der Waals surface area contributed by atoms with Crippen LogP contribution in [0.15, 0.2) is 64.6 Å². The van der Waals surface area contributed by atoms with Crippen LogP contribution < -0.4 is 5.73 Å². The number of sulfonamides is 1. The van der Waals surface area contributed by atoms with Gasteiger partial charge in [-0.05, 0) is 22.3 Å². The number of rotatable bonds is 5. The van der Waals surface area contributed by atoms with E-state index in [2.05, 4.69) is 5.10 Å². The summed E-state index contributed by atoms with van der Waals surface area (Å²) in [6.45, 7) is 0. The van der Waals surface area contributed by atoms with E-state index < -0.39 is 25.5 Å². The molecule has 0 saturated heterocycles. The molecule has 6 nitrogen and oxygen atoms in total. The molecule has 0 radical (unpaired) electrons. The van der Waals surface area contributed by atoms with E-state index in [0.29, 0.717) is 5.56 Å². The maximum atomic E-state index is 13.9. The molecule has 0 spiro atoms. The Morgan fingerprint density at radius 2 is 1.68 bits per heavy atom. The van der Waals surface area contributed by atoms with Crippen LogP contribution in [-0.2, 0) is 10.0 Å². The van der Waals surface area contributed by atoms with Crippen molar-refractivity contribution in [3.8, 4) is 0 Å². The Hall–Kier alpha value is -2.74. The largest absolute Gasteiger partial charge is 0.366 e. The third kappa shape index (κ3) is 3.29. The quantitative estimate of drug-likeness (QED) is 0.516. The number of carbonyl (C=O) groups excluding carboxylic acids is 1. The number of amides is 1. The molecule has 2 rings (SSSR count). The lowest BCUT2D eigenvalue weighted by atomic mass is 10.2. The molecule has 22 heavy (non-hydrogen) atoms. The number of hydrazone groups is 1. The molecule has 0 heterocycles. The van der Waals surface area contributed by atoms with Crippen LogP contribution in [0.4, 0.5) is 4.48 Å². The molecule has 2 N–H and O–H groups in total. The zero-order chi connectivity index (χ0) is 16.2. The van der Waals surface area contributed by atoms with Gasteiger partial charge in [0.2, 0.25) is 5.91 Å². The van der Waals surface area contributed by atoms with Crippen molar-refractivity contribution in [1.29, 1.82) is 0 Å². The van der Waals surface area contributed by atoms with E-state index in [1.807, 2.05) is 0 Å². The maximum absolute atomic E-state index is 13.9. The van der Waals surface area contributed by atoms with E-state index in [4.69, 9.17) is 5.73 Å². The van der Waals surface area contributed by atoms with E-state index >= 15 is 0 Å². The summed E-state index contributed by atoms with van der Waals surface area (Å²) in [7, 11) is -4.62. The summed E-state index contributed by atoms with van der Waals surface area (Å²) in [4.78, 5) is 10.7. The number of benzene rings is 2. The summed E-state index contributed by atoms with van der Waals surface area (Å²) < 4.78 is 37.4. The average Bonchev–Trinajstić information content (AvgIpc) is 2.53. The monoisotopic (exact) mass is 321 g/mol. The Morgan fingerprint density at radius 3 is 2.32 bits per heavy atom. The van der Waals surface area contributed by atoms with Gasteiger partial charge in [0.15, 0.2) is 0 Å². The van der Waals surface area contributed by atoms with E-state index in [1.54, 1.807) is 30.3 Å². The number of nitrogens with two attached hydrogens (primary N) is 1. The lowest BCUT2D eigenvalue weighted by Gasteiger charge is -2.10. The van der Waals surface area contributed by atoms with Gasteiger partial charge < -0.3 is 5.73 Å². The first-order valence-electron chi connectivity index (χ1n) is 6.12. The minimum Gasteiger partial charge on any atom is -0.366 e. The maximum Gasteiger partial charge on any atom is 0.307 e. The predicted molar refractivity (Wildman–Crippen MR) is 79.1 cm³/mol. The minimum atomic E-state index is -4.62. The molecule has 0 fully saturated rings. The number of nitrogens with zero attached hydrogens (tertiary/aromatic N) is 2. The first kappa shape index (κ1) is 15.6. The molecule has 0 unspecified atom stereocenters. The lowest BCUT2D eigenvalue weighted by Crippen LogP contribution is -2.23. The van der Waals surface area contributed by atoms with Gasteiger partial charge in [0.1, 0.15) is 4.90 Å². The van der Waals surface area contributed by atoms with Gasteiger partial charge in [-0.1, -0.05) is 46.9 Å². The van der Waals surface area contributed by atoms with Crippen LogP contribution in [0.3, 0.4) is 0 Å². The minimum absolute atomic E-state index is 0.305. The smallest absolute Gasteiger partial charge is 0.307 e. The molecular weight excluding hydrogens is 309 g/mol. The van der Waals surface area contributed by atoms with Crippen LogP contribution >= 0.6 is 0 Å². The molecule has 0 aromatic heterocycles. The number of halogens is 1. The average molecular weight is 321 g/mol. The van der Waals surface area contributed by atoms with Crippen LogP contribution in [0.5, 0.6) is 0 Å². The number of primary amides is 1. The molecular formula is C14H12FN3O3S. The highest BCUT2D eigenvalue weighted by Gasteiger charge is 2.27. The molecule has 0 saturated carbocycles. The van der Waals surface area contributed by atoms with E-state index in [9.17, 15) is 17.7 Å². The predicted octanol–water partition coefficient (Wildman–Crippen LogP) is 1.69. The highest BCUT2D eigenvalue weighted by Crippen LogP contribution is 2.20. The Morgan fingerprint density at radius 1 is 1.09 bits per heavy atom. The van der Waals surface area contributed by atoms with Crippen LogP contribution in [0.1, 0.15) is 15.9 Å². The normalized spacial score (nSPS) is 11.5. The van der Waals surface area contributed by atoms with Crippen molar-refractivity contribution in [2.45, 2.75) is 4.90 Å². The SMILES string of the molecule is NC(=O)c1ccccc1S(=O)(=O)N(F)/N=C/c1ccccc1. The molecule has 8 heteroatoms. The number of hydrogen-bond donors (Lipinski definition) is 1. The van der Waals surface area contributed by atoms with Crippen molar-refractivity contribution in [2.75, 3.05) is 0 Å². The molecule has 0 atom stereocenters. The van der Waals surface area contributed by atoms with Crippen LogP contribution in [-0.4, -0.2) is 25.2 Å². The van der Waals surface area contributed by atoms with Crippen LogP contribution in [0.2, 0.25) is 0 Å². The third-order valence-electron chi connectivity index (χ3n) is 2.73. The van der Waals surface area contributed by atoms with Gasteiger partial charge in [-0.3, -0.25) is 4.79 Å². The van der Waals surface area contributed by atoms with Crippen molar-refractivity contribution in [2.24, 2.45) is 10.8 Å². The molecule has 0 bridgehead atoms. The fourth-order valence-electron chi connectivity index (χ4n) is 1.69. The molecule has 0 aliphatic heterocycles. The van der Waals surface area contributed by atoms with Gasteiger partial charge in [0.25, 0.3) is 0 Å².